The van der Waals surface area contributed by atoms with Crippen molar-refractivity contribution in [3.63, 3.8) is 0 Å². The third kappa shape index (κ3) is 5.85. The summed E-state index contributed by atoms with van der Waals surface area (Å²) >= 11 is 1.69. The number of nitrogens with one attached hydrogen (secondary N) is 2. The van der Waals surface area contributed by atoms with Crippen LogP contribution >= 0.6 is 11.3 Å². The Labute approximate surface area is 167 Å². The summed E-state index contributed by atoms with van der Waals surface area (Å²) in [6.45, 7) is 1.01. The molecule has 0 bridgehead atoms. The fraction of sp³-hybridized carbons (Fsp3) is 0.286. The molecule has 2 N–H and O–H groups in total. The molecule has 1 heterocycles. The molecule has 146 valence electrons. The van der Waals surface area contributed by atoms with Gasteiger partial charge in [-0.05, 0) is 49.2 Å². The minimum absolute atomic E-state index is 0.0275. The minimum atomic E-state index is -0.378. The van der Waals surface area contributed by atoms with Crippen molar-refractivity contribution in [1.29, 1.82) is 0 Å². The molecule has 3 rings (SSSR count). The third-order valence-corrected chi connectivity index (χ3v) is 5.30. The molecule has 0 unspecified atom stereocenters. The molecule has 0 atom stereocenters. The molecular formula is C21H22FN3O2S. The highest BCUT2D eigenvalue weighted by Crippen LogP contribution is 2.22. The molecule has 0 aliphatic heterocycles. The standard InChI is InChI=1S/C21H22FN3O2S/c22-16-11-9-15(10-12-16)21(27)24-14-3-7-19(26)23-13-4-8-20-25-17-5-1-2-6-18(17)28-20/h1-2,5-6,9-12H,3-4,7-8,13-14H2,(H,23,26)(H,24,27). The van der Waals surface area contributed by atoms with Crippen LogP contribution in [-0.2, 0) is 11.2 Å². The zero-order valence-electron chi connectivity index (χ0n) is 15.4. The predicted molar refractivity (Wildman–Crippen MR) is 109 cm³/mol. The average molecular weight is 399 g/mol. The Bertz CT molecular complexity index is 907. The lowest BCUT2D eigenvalue weighted by Gasteiger charge is -2.06. The van der Waals surface area contributed by atoms with Crippen molar-refractivity contribution in [3.8, 4) is 0 Å². The Morgan fingerprint density at radius 3 is 2.50 bits per heavy atom. The van der Waals surface area contributed by atoms with Gasteiger partial charge in [-0.3, -0.25) is 9.59 Å². The first-order chi connectivity index (χ1) is 13.6. The number of fused-ring (bicyclic) bond motifs is 1. The first kappa shape index (κ1) is 19.9. The topological polar surface area (TPSA) is 71.1 Å². The number of benzene rings is 2. The summed E-state index contributed by atoms with van der Waals surface area (Å²) in [7, 11) is 0. The van der Waals surface area contributed by atoms with Crippen molar-refractivity contribution < 1.29 is 14.0 Å². The van der Waals surface area contributed by atoms with Crippen molar-refractivity contribution >= 4 is 33.4 Å². The number of hydrogen-bond donors (Lipinski definition) is 2. The first-order valence-electron chi connectivity index (χ1n) is 9.27. The quantitative estimate of drug-likeness (QED) is 0.539. The van der Waals surface area contributed by atoms with Gasteiger partial charge in [0.05, 0.1) is 15.2 Å². The number of hydrogen-bond acceptors (Lipinski definition) is 4. The van der Waals surface area contributed by atoms with E-state index in [4.69, 9.17) is 0 Å². The molecule has 3 aromatic rings. The van der Waals surface area contributed by atoms with Crippen LogP contribution in [0.25, 0.3) is 10.2 Å². The molecule has 28 heavy (non-hydrogen) atoms. The van der Waals surface area contributed by atoms with Gasteiger partial charge in [0.25, 0.3) is 5.91 Å². The van der Waals surface area contributed by atoms with E-state index in [1.54, 1.807) is 11.3 Å². The molecule has 5 nitrogen and oxygen atoms in total. The molecule has 1 aromatic heterocycles. The molecule has 0 radical (unpaired) electrons. The Morgan fingerprint density at radius 2 is 1.71 bits per heavy atom. The molecule has 0 saturated carbocycles. The number of nitrogens with zero attached hydrogens (tertiary/aromatic N) is 1. The van der Waals surface area contributed by atoms with Gasteiger partial charge in [-0.1, -0.05) is 12.1 Å². The zero-order chi connectivity index (χ0) is 19.8. The van der Waals surface area contributed by atoms with Crippen molar-refractivity contribution in [2.75, 3.05) is 13.1 Å². The third-order valence-electron chi connectivity index (χ3n) is 4.20. The van der Waals surface area contributed by atoms with Crippen LogP contribution in [0, 0.1) is 5.82 Å². The molecular weight excluding hydrogens is 377 g/mol. The maximum absolute atomic E-state index is 12.8. The van der Waals surface area contributed by atoms with Gasteiger partial charge in [-0.2, -0.15) is 0 Å². The molecule has 0 aliphatic rings. The minimum Gasteiger partial charge on any atom is -0.356 e. The highest BCUT2D eigenvalue weighted by atomic mass is 32.1. The molecule has 0 fully saturated rings. The molecule has 7 heteroatoms. The molecule has 0 spiro atoms. The lowest BCUT2D eigenvalue weighted by atomic mass is 10.2. The summed E-state index contributed by atoms with van der Waals surface area (Å²) in [5.74, 6) is -0.673. The van der Waals surface area contributed by atoms with Crippen LogP contribution in [0.3, 0.4) is 0 Å². The maximum Gasteiger partial charge on any atom is 0.251 e. The molecule has 0 aliphatic carbocycles. The van der Waals surface area contributed by atoms with Crippen molar-refractivity contribution in [2.45, 2.75) is 25.7 Å². The molecule has 0 saturated heterocycles. The zero-order valence-corrected chi connectivity index (χ0v) is 16.2. The number of para-hydroxylation sites is 1. The molecule has 2 amide bonds. The Kier molecular flexibility index (Phi) is 7.08. The Morgan fingerprint density at radius 1 is 0.964 bits per heavy atom. The lowest BCUT2D eigenvalue weighted by molar-refractivity contribution is -0.121. The van der Waals surface area contributed by atoms with Crippen LogP contribution in [0.2, 0.25) is 0 Å². The van der Waals surface area contributed by atoms with Crippen LogP contribution in [0.15, 0.2) is 48.5 Å². The van der Waals surface area contributed by atoms with E-state index in [1.807, 2.05) is 18.2 Å². The van der Waals surface area contributed by atoms with E-state index in [9.17, 15) is 14.0 Å². The number of aryl methyl sites for hydroxylation is 1. The van der Waals surface area contributed by atoms with E-state index in [-0.39, 0.29) is 17.6 Å². The van der Waals surface area contributed by atoms with Gasteiger partial charge in [-0.25, -0.2) is 9.37 Å². The van der Waals surface area contributed by atoms with E-state index >= 15 is 0 Å². The summed E-state index contributed by atoms with van der Waals surface area (Å²) in [5, 5.41) is 6.71. The van der Waals surface area contributed by atoms with Gasteiger partial charge in [0.2, 0.25) is 5.91 Å². The Hall–Kier alpha value is -2.80. The highest BCUT2D eigenvalue weighted by molar-refractivity contribution is 7.18. The number of halogens is 1. The van der Waals surface area contributed by atoms with Crippen molar-refractivity contribution in [2.24, 2.45) is 0 Å². The number of thiazole rings is 1. The summed E-state index contributed by atoms with van der Waals surface area (Å²) in [4.78, 5) is 28.3. The second-order valence-electron chi connectivity index (χ2n) is 6.40. The summed E-state index contributed by atoms with van der Waals surface area (Å²) < 4.78 is 14.0. The van der Waals surface area contributed by atoms with Gasteiger partial charge < -0.3 is 10.6 Å². The fourth-order valence-electron chi connectivity index (χ4n) is 2.74. The summed E-state index contributed by atoms with van der Waals surface area (Å²) in [6, 6.07) is 13.4. The number of carbonyl (C=O) groups excluding carboxylic acids is 2. The van der Waals surface area contributed by atoms with Crippen molar-refractivity contribution in [3.05, 3.63) is 64.9 Å². The van der Waals surface area contributed by atoms with E-state index in [1.165, 1.54) is 29.0 Å². The lowest BCUT2D eigenvalue weighted by Crippen LogP contribution is -2.28. The van der Waals surface area contributed by atoms with Gasteiger partial charge in [0.15, 0.2) is 0 Å². The summed E-state index contributed by atoms with van der Waals surface area (Å²) in [6.07, 6.45) is 2.59. The average Bonchev–Trinajstić information content (AvgIpc) is 3.12. The number of aromatic nitrogens is 1. The molecule has 2 aromatic carbocycles. The first-order valence-corrected chi connectivity index (χ1v) is 10.1. The fourth-order valence-corrected chi connectivity index (χ4v) is 3.75. The second kappa shape index (κ2) is 9.94. The van der Waals surface area contributed by atoms with E-state index in [0.717, 1.165) is 23.4 Å². The predicted octanol–water partition coefficient (Wildman–Crippen LogP) is 3.69. The van der Waals surface area contributed by atoms with Gasteiger partial charge in [0, 0.05) is 31.5 Å². The normalized spacial score (nSPS) is 10.8. The van der Waals surface area contributed by atoms with Crippen LogP contribution in [0.4, 0.5) is 4.39 Å². The van der Waals surface area contributed by atoms with Crippen LogP contribution in [0.5, 0.6) is 0 Å². The number of rotatable bonds is 9. The van der Waals surface area contributed by atoms with Crippen LogP contribution in [-0.4, -0.2) is 29.9 Å². The van der Waals surface area contributed by atoms with Gasteiger partial charge in [0.1, 0.15) is 5.82 Å². The highest BCUT2D eigenvalue weighted by Gasteiger charge is 2.07. The summed E-state index contributed by atoms with van der Waals surface area (Å²) in [5.41, 5.74) is 1.43. The maximum atomic E-state index is 12.8. The van der Waals surface area contributed by atoms with E-state index < -0.39 is 0 Å². The number of amides is 2. The van der Waals surface area contributed by atoms with Crippen LogP contribution < -0.4 is 10.6 Å². The van der Waals surface area contributed by atoms with Crippen molar-refractivity contribution in [1.82, 2.24) is 15.6 Å². The second-order valence-corrected chi connectivity index (χ2v) is 7.51. The largest absolute Gasteiger partial charge is 0.356 e. The smallest absolute Gasteiger partial charge is 0.251 e. The Balaban J connectivity index is 1.27. The van der Waals surface area contributed by atoms with Gasteiger partial charge in [-0.15, -0.1) is 11.3 Å². The SMILES string of the molecule is O=C(CCCNC(=O)c1ccc(F)cc1)NCCCc1nc2ccccc2s1. The van der Waals surface area contributed by atoms with E-state index in [0.29, 0.717) is 31.5 Å². The van der Waals surface area contributed by atoms with Gasteiger partial charge >= 0.3 is 0 Å². The van der Waals surface area contributed by atoms with E-state index in [2.05, 4.69) is 21.7 Å². The van der Waals surface area contributed by atoms with Crippen LogP contribution in [0.1, 0.15) is 34.6 Å². The monoisotopic (exact) mass is 399 g/mol. The number of carbonyl (C=O) groups is 2.